The highest BCUT2D eigenvalue weighted by atomic mass is 32.1. The van der Waals surface area contributed by atoms with E-state index in [1.807, 2.05) is 12.1 Å². The van der Waals surface area contributed by atoms with Crippen molar-refractivity contribution in [1.82, 2.24) is 0 Å². The molecule has 0 heterocycles. The molecule has 3 aliphatic carbocycles. The number of carbonyl (C=O) groups is 1. The molecule has 3 nitrogen and oxygen atoms in total. The largest absolute Gasteiger partial charge is 0.481 e. The van der Waals surface area contributed by atoms with Crippen LogP contribution in [-0.2, 0) is 10.2 Å². The number of hydrogen-bond donors (Lipinski definition) is 1. The minimum atomic E-state index is -0.600. The number of aliphatic carboxylic acids is 1. The number of carboxylic acids is 1. The second kappa shape index (κ2) is 4.80. The monoisotopic (exact) mass is 287 g/mol. The molecule has 1 aromatic carbocycles. The third-order valence-electron chi connectivity index (χ3n) is 5.35. The molecule has 3 fully saturated rings. The lowest BCUT2D eigenvalue weighted by Crippen LogP contribution is -2.47. The molecule has 0 atom stereocenters. The number of nitrogens with zero attached hydrogens (tertiary/aromatic N) is 1. The molecule has 0 radical (unpaired) electrons. The third kappa shape index (κ3) is 2.00. The van der Waals surface area contributed by atoms with Crippen LogP contribution in [0.25, 0.3) is 0 Å². The fourth-order valence-electron chi connectivity index (χ4n) is 3.88. The third-order valence-corrected chi connectivity index (χ3v) is 5.45. The Morgan fingerprint density at radius 3 is 2.10 bits per heavy atom. The molecule has 2 bridgehead atoms. The van der Waals surface area contributed by atoms with Crippen LogP contribution in [0.1, 0.15) is 44.1 Å². The van der Waals surface area contributed by atoms with E-state index in [2.05, 4.69) is 34.5 Å². The summed E-state index contributed by atoms with van der Waals surface area (Å²) in [7, 11) is 0. The van der Waals surface area contributed by atoms with Crippen molar-refractivity contribution in [2.75, 3.05) is 0 Å². The minimum absolute atomic E-state index is 0.178. The predicted octanol–water partition coefficient (Wildman–Crippen LogP) is 4.10. The molecule has 1 aromatic rings. The van der Waals surface area contributed by atoms with Gasteiger partial charge in [-0.05, 0) is 73.9 Å². The Morgan fingerprint density at radius 1 is 1.10 bits per heavy atom. The molecule has 4 heteroatoms. The van der Waals surface area contributed by atoms with Crippen molar-refractivity contribution in [1.29, 1.82) is 0 Å². The van der Waals surface area contributed by atoms with E-state index in [4.69, 9.17) is 0 Å². The number of benzene rings is 1. The van der Waals surface area contributed by atoms with Crippen molar-refractivity contribution in [3.63, 3.8) is 0 Å². The second-order valence-corrected chi connectivity index (χ2v) is 6.30. The molecule has 0 amide bonds. The lowest BCUT2D eigenvalue weighted by atomic mass is 9.52. The SMILES string of the molecule is O=C(O)C12CCC(c3ccc(N=C=S)cc3)(CC1)CC2. The summed E-state index contributed by atoms with van der Waals surface area (Å²) in [5.74, 6) is -0.600. The lowest BCUT2D eigenvalue weighted by molar-refractivity contribution is -0.156. The van der Waals surface area contributed by atoms with Gasteiger partial charge in [0.1, 0.15) is 0 Å². The first-order valence-corrected chi connectivity index (χ1v) is 7.43. The summed E-state index contributed by atoms with van der Waals surface area (Å²) >= 11 is 4.61. The second-order valence-electron chi connectivity index (χ2n) is 6.12. The van der Waals surface area contributed by atoms with Crippen molar-refractivity contribution in [2.45, 2.75) is 43.9 Å². The molecule has 20 heavy (non-hydrogen) atoms. The highest BCUT2D eigenvalue weighted by Crippen LogP contribution is 2.57. The Morgan fingerprint density at radius 2 is 1.65 bits per heavy atom. The quantitative estimate of drug-likeness (QED) is 0.672. The average Bonchev–Trinajstić information content (AvgIpc) is 2.50. The zero-order valence-corrected chi connectivity index (χ0v) is 12.1. The molecular formula is C16H17NO2S. The number of fused-ring (bicyclic) bond motifs is 3. The van der Waals surface area contributed by atoms with Gasteiger partial charge < -0.3 is 5.11 Å². The molecule has 0 unspecified atom stereocenters. The fourth-order valence-corrected chi connectivity index (χ4v) is 3.99. The molecule has 0 aliphatic heterocycles. The van der Waals surface area contributed by atoms with Crippen LogP contribution < -0.4 is 0 Å². The Bertz CT molecular complexity index is 562. The maximum Gasteiger partial charge on any atom is 0.309 e. The van der Waals surface area contributed by atoms with Crippen LogP contribution in [0.3, 0.4) is 0 Å². The van der Waals surface area contributed by atoms with Crippen molar-refractivity contribution in [3.8, 4) is 0 Å². The van der Waals surface area contributed by atoms with Crippen molar-refractivity contribution < 1.29 is 9.90 Å². The van der Waals surface area contributed by atoms with E-state index in [9.17, 15) is 9.90 Å². The number of rotatable bonds is 3. The first-order chi connectivity index (χ1) is 9.60. The topological polar surface area (TPSA) is 49.7 Å². The molecule has 3 saturated carbocycles. The van der Waals surface area contributed by atoms with Gasteiger partial charge in [0.2, 0.25) is 0 Å². The number of hydrogen-bond acceptors (Lipinski definition) is 3. The van der Waals surface area contributed by atoms with Crippen LogP contribution in [0.2, 0.25) is 0 Å². The zero-order valence-electron chi connectivity index (χ0n) is 11.3. The van der Waals surface area contributed by atoms with Gasteiger partial charge in [-0.1, -0.05) is 12.1 Å². The van der Waals surface area contributed by atoms with Gasteiger partial charge >= 0.3 is 5.97 Å². The summed E-state index contributed by atoms with van der Waals surface area (Å²) in [5.41, 5.74) is 1.88. The summed E-state index contributed by atoms with van der Waals surface area (Å²) in [6.45, 7) is 0. The van der Waals surface area contributed by atoms with E-state index in [0.29, 0.717) is 0 Å². The van der Waals surface area contributed by atoms with E-state index < -0.39 is 11.4 Å². The normalized spacial score (nSPS) is 31.6. The summed E-state index contributed by atoms with van der Waals surface area (Å²) < 4.78 is 0. The molecule has 0 aromatic heterocycles. The van der Waals surface area contributed by atoms with Crippen LogP contribution >= 0.6 is 12.2 Å². The number of aliphatic imine (C=N–C) groups is 1. The maximum atomic E-state index is 11.5. The lowest BCUT2D eigenvalue weighted by Gasteiger charge is -2.51. The van der Waals surface area contributed by atoms with Gasteiger partial charge in [0, 0.05) is 0 Å². The number of isothiocyanates is 1. The summed E-state index contributed by atoms with van der Waals surface area (Å²) in [5, 5.41) is 11.8. The maximum absolute atomic E-state index is 11.5. The zero-order chi connectivity index (χ0) is 14.2. The van der Waals surface area contributed by atoms with E-state index in [1.54, 1.807) is 0 Å². The molecule has 1 N–H and O–H groups in total. The van der Waals surface area contributed by atoms with Gasteiger partial charge in [0.25, 0.3) is 0 Å². The van der Waals surface area contributed by atoms with E-state index in [0.717, 1.165) is 44.2 Å². The van der Waals surface area contributed by atoms with Crippen LogP contribution in [0, 0.1) is 5.41 Å². The Kier molecular flexibility index (Phi) is 3.23. The summed E-state index contributed by atoms with van der Waals surface area (Å²) in [6, 6.07) is 8.17. The minimum Gasteiger partial charge on any atom is -0.481 e. The van der Waals surface area contributed by atoms with Gasteiger partial charge in [0.05, 0.1) is 16.3 Å². The fraction of sp³-hybridized carbons (Fsp3) is 0.500. The van der Waals surface area contributed by atoms with Gasteiger partial charge in [-0.2, -0.15) is 4.99 Å². The van der Waals surface area contributed by atoms with Gasteiger partial charge in [-0.3, -0.25) is 4.79 Å². The van der Waals surface area contributed by atoms with Crippen molar-refractivity contribution in [3.05, 3.63) is 29.8 Å². The van der Waals surface area contributed by atoms with Crippen molar-refractivity contribution >= 4 is 29.0 Å². The van der Waals surface area contributed by atoms with E-state index >= 15 is 0 Å². The highest BCUT2D eigenvalue weighted by molar-refractivity contribution is 7.78. The van der Waals surface area contributed by atoms with Crippen LogP contribution in [0.15, 0.2) is 29.3 Å². The van der Waals surface area contributed by atoms with Gasteiger partial charge in [-0.25, -0.2) is 0 Å². The van der Waals surface area contributed by atoms with Gasteiger partial charge in [-0.15, -0.1) is 0 Å². The van der Waals surface area contributed by atoms with Crippen LogP contribution in [0.4, 0.5) is 5.69 Å². The highest BCUT2D eigenvalue weighted by Gasteiger charge is 2.52. The van der Waals surface area contributed by atoms with Crippen LogP contribution in [-0.4, -0.2) is 16.2 Å². The number of thiocarbonyl (C=S) groups is 1. The first kappa shape index (κ1) is 13.5. The summed E-state index contributed by atoms with van der Waals surface area (Å²) in [4.78, 5) is 15.4. The first-order valence-electron chi connectivity index (χ1n) is 7.02. The van der Waals surface area contributed by atoms with E-state index in [1.165, 1.54) is 5.56 Å². The number of carboxylic acid groups (broad SMARTS) is 1. The summed E-state index contributed by atoms with van der Waals surface area (Å²) in [6.07, 6.45) is 5.37. The molecule has 3 aliphatic rings. The molecule has 104 valence electrons. The Hall–Kier alpha value is -1.51. The van der Waals surface area contributed by atoms with E-state index in [-0.39, 0.29) is 5.41 Å². The van der Waals surface area contributed by atoms with Crippen LogP contribution in [0.5, 0.6) is 0 Å². The standard InChI is InChI=1S/C16H17NO2S/c18-14(19)16-8-5-15(6-9-16,7-10-16)12-1-3-13(4-2-12)17-11-20/h1-4H,5-10H2,(H,18,19). The predicted molar refractivity (Wildman–Crippen MR) is 80.6 cm³/mol. The Balaban J connectivity index is 1.85. The van der Waals surface area contributed by atoms with Gasteiger partial charge in [0.15, 0.2) is 0 Å². The molecule has 0 spiro atoms. The molecule has 0 saturated heterocycles. The Labute approximate surface area is 123 Å². The average molecular weight is 287 g/mol. The molecular weight excluding hydrogens is 270 g/mol. The molecule has 4 rings (SSSR count). The van der Waals surface area contributed by atoms with Crippen molar-refractivity contribution in [2.24, 2.45) is 10.4 Å². The smallest absolute Gasteiger partial charge is 0.309 e.